The quantitative estimate of drug-likeness (QED) is 0.657. The fourth-order valence-electron chi connectivity index (χ4n) is 2.57. The first-order valence-electron chi connectivity index (χ1n) is 7.86. The number of nitrogens with zero attached hydrogens (tertiary/aromatic N) is 4. The Kier molecular flexibility index (Phi) is 4.99. The maximum absolute atomic E-state index is 13.8. The summed E-state index contributed by atoms with van der Waals surface area (Å²) in [7, 11) is -2.48. The number of hydrogen-bond donors (Lipinski definition) is 0. The summed E-state index contributed by atoms with van der Waals surface area (Å²) in [5, 5.41) is 7.67. The topological polar surface area (TPSA) is 87.0 Å². The lowest BCUT2D eigenvalue weighted by Crippen LogP contribution is -2.13. The highest BCUT2D eigenvalue weighted by Crippen LogP contribution is 2.23. The van der Waals surface area contributed by atoms with Crippen LogP contribution >= 0.6 is 0 Å². The average Bonchev–Trinajstić information content (AvgIpc) is 3.07. The van der Waals surface area contributed by atoms with Gasteiger partial charge in [-0.1, -0.05) is 12.1 Å². The summed E-state index contributed by atoms with van der Waals surface area (Å²) < 4.78 is 45.8. The second-order valence-electron chi connectivity index (χ2n) is 5.49. The van der Waals surface area contributed by atoms with E-state index in [0.29, 0.717) is 23.6 Å². The summed E-state index contributed by atoms with van der Waals surface area (Å²) in [6, 6.07) is 9.31. The van der Waals surface area contributed by atoms with Gasteiger partial charge in [0.15, 0.2) is 17.4 Å². The zero-order valence-corrected chi connectivity index (χ0v) is 15.1. The van der Waals surface area contributed by atoms with Crippen LogP contribution < -0.4 is 4.74 Å². The van der Waals surface area contributed by atoms with E-state index in [-0.39, 0.29) is 10.9 Å². The van der Waals surface area contributed by atoms with Crippen LogP contribution in [0.1, 0.15) is 12.5 Å². The summed E-state index contributed by atoms with van der Waals surface area (Å²) in [5.41, 5.74) is 0.826. The van der Waals surface area contributed by atoms with Crippen LogP contribution in [-0.2, 0) is 22.1 Å². The highest BCUT2D eigenvalue weighted by atomic mass is 32.2. The van der Waals surface area contributed by atoms with Gasteiger partial charge < -0.3 is 4.74 Å². The molecule has 0 saturated carbocycles. The molecule has 0 bridgehead atoms. The van der Waals surface area contributed by atoms with Crippen molar-refractivity contribution in [3.05, 3.63) is 54.0 Å². The van der Waals surface area contributed by atoms with Gasteiger partial charge in [0.1, 0.15) is 5.69 Å². The molecule has 0 spiro atoms. The standard InChI is InChI=1S/C17H17FN4O3S/c1-3-22-16(14-6-4-5-9-19-14)20-21-17(22)26(23,24)11-12-7-8-15(25-2)13(18)10-12/h4-10H,3,11H2,1-2H3. The molecular formula is C17H17FN4O3S. The van der Waals surface area contributed by atoms with Crippen LogP contribution in [-0.4, -0.2) is 35.3 Å². The summed E-state index contributed by atoms with van der Waals surface area (Å²) in [6.45, 7) is 2.15. The van der Waals surface area contributed by atoms with Crippen LogP contribution in [0.15, 0.2) is 47.8 Å². The molecule has 0 amide bonds. The van der Waals surface area contributed by atoms with E-state index >= 15 is 0 Å². The van der Waals surface area contributed by atoms with E-state index in [9.17, 15) is 12.8 Å². The lowest BCUT2D eigenvalue weighted by atomic mass is 10.2. The number of rotatable bonds is 6. The van der Waals surface area contributed by atoms with Gasteiger partial charge in [0.25, 0.3) is 0 Å². The predicted octanol–water partition coefficient (Wildman–Crippen LogP) is 2.48. The van der Waals surface area contributed by atoms with Crippen molar-refractivity contribution >= 4 is 9.84 Å². The van der Waals surface area contributed by atoms with Gasteiger partial charge in [-0.15, -0.1) is 10.2 Å². The molecule has 1 aromatic carbocycles. The van der Waals surface area contributed by atoms with Crippen molar-refractivity contribution in [3.63, 3.8) is 0 Å². The van der Waals surface area contributed by atoms with Crippen molar-refractivity contribution in [1.29, 1.82) is 0 Å². The van der Waals surface area contributed by atoms with Gasteiger partial charge in [0, 0.05) is 12.7 Å². The van der Waals surface area contributed by atoms with Crippen LogP contribution in [0.2, 0.25) is 0 Å². The molecule has 0 N–H and O–H groups in total. The number of pyridine rings is 1. The maximum Gasteiger partial charge on any atom is 0.250 e. The third-order valence-electron chi connectivity index (χ3n) is 3.78. The Labute approximate surface area is 150 Å². The zero-order valence-electron chi connectivity index (χ0n) is 14.3. The number of benzene rings is 1. The van der Waals surface area contributed by atoms with Gasteiger partial charge in [-0.3, -0.25) is 9.55 Å². The van der Waals surface area contributed by atoms with Gasteiger partial charge in [-0.2, -0.15) is 0 Å². The Bertz CT molecular complexity index is 1020. The third-order valence-corrected chi connectivity index (χ3v) is 5.35. The Morgan fingerprint density at radius 2 is 2.00 bits per heavy atom. The minimum atomic E-state index is -3.83. The van der Waals surface area contributed by atoms with Crippen molar-refractivity contribution in [3.8, 4) is 17.3 Å². The number of methoxy groups -OCH3 is 1. The second-order valence-corrected chi connectivity index (χ2v) is 7.38. The molecule has 0 atom stereocenters. The zero-order chi connectivity index (χ0) is 18.7. The van der Waals surface area contributed by atoms with Crippen molar-refractivity contribution in [1.82, 2.24) is 19.7 Å². The molecule has 0 unspecified atom stereocenters. The van der Waals surface area contributed by atoms with Crippen molar-refractivity contribution in [2.75, 3.05) is 7.11 Å². The maximum atomic E-state index is 13.8. The second kappa shape index (κ2) is 7.20. The summed E-state index contributed by atoms with van der Waals surface area (Å²) in [4.78, 5) is 4.19. The number of sulfone groups is 1. The van der Waals surface area contributed by atoms with E-state index in [0.717, 1.165) is 6.07 Å². The van der Waals surface area contributed by atoms with Crippen LogP contribution in [0.4, 0.5) is 4.39 Å². The van der Waals surface area contributed by atoms with Crippen LogP contribution in [0.3, 0.4) is 0 Å². The Morgan fingerprint density at radius 1 is 1.19 bits per heavy atom. The smallest absolute Gasteiger partial charge is 0.250 e. The minimum absolute atomic E-state index is 0.0558. The monoisotopic (exact) mass is 376 g/mol. The van der Waals surface area contributed by atoms with Gasteiger partial charge in [0.05, 0.1) is 12.9 Å². The van der Waals surface area contributed by atoms with E-state index in [1.165, 1.54) is 23.8 Å². The fraction of sp³-hybridized carbons (Fsp3) is 0.235. The first-order chi connectivity index (χ1) is 12.5. The van der Waals surface area contributed by atoms with E-state index in [4.69, 9.17) is 4.74 Å². The van der Waals surface area contributed by atoms with Crippen LogP contribution in [0, 0.1) is 5.82 Å². The van der Waals surface area contributed by atoms with E-state index in [1.807, 2.05) is 0 Å². The Morgan fingerprint density at radius 3 is 2.62 bits per heavy atom. The molecule has 0 aliphatic heterocycles. The molecule has 26 heavy (non-hydrogen) atoms. The van der Waals surface area contributed by atoms with E-state index in [1.54, 1.807) is 31.3 Å². The van der Waals surface area contributed by atoms with Crippen LogP contribution in [0.5, 0.6) is 5.75 Å². The molecular weight excluding hydrogens is 359 g/mol. The highest BCUT2D eigenvalue weighted by Gasteiger charge is 2.26. The average molecular weight is 376 g/mol. The van der Waals surface area contributed by atoms with Crippen LogP contribution in [0.25, 0.3) is 11.5 Å². The molecule has 9 heteroatoms. The SMILES string of the molecule is CCn1c(-c2ccccn2)nnc1S(=O)(=O)Cc1ccc(OC)c(F)c1. The Balaban J connectivity index is 1.97. The van der Waals surface area contributed by atoms with Crippen molar-refractivity contribution < 1.29 is 17.5 Å². The summed E-state index contributed by atoms with van der Waals surface area (Å²) in [5.74, 6) is -0.590. The summed E-state index contributed by atoms with van der Waals surface area (Å²) >= 11 is 0. The molecule has 3 rings (SSSR count). The Hall–Kier alpha value is -2.81. The molecule has 2 aromatic heterocycles. The summed E-state index contributed by atoms with van der Waals surface area (Å²) in [6.07, 6.45) is 1.60. The molecule has 2 heterocycles. The molecule has 0 fully saturated rings. The number of hydrogen-bond acceptors (Lipinski definition) is 6. The minimum Gasteiger partial charge on any atom is -0.494 e. The van der Waals surface area contributed by atoms with Crippen molar-refractivity contribution in [2.45, 2.75) is 24.4 Å². The molecule has 3 aromatic rings. The predicted molar refractivity (Wildman–Crippen MR) is 92.8 cm³/mol. The first-order valence-corrected chi connectivity index (χ1v) is 9.51. The molecule has 0 saturated heterocycles. The van der Waals surface area contributed by atoms with Gasteiger partial charge in [-0.25, -0.2) is 12.8 Å². The largest absolute Gasteiger partial charge is 0.494 e. The first kappa shape index (κ1) is 18.0. The van der Waals surface area contributed by atoms with Gasteiger partial charge in [0.2, 0.25) is 15.0 Å². The van der Waals surface area contributed by atoms with Gasteiger partial charge in [-0.05, 0) is 36.8 Å². The number of halogens is 1. The fourth-order valence-corrected chi connectivity index (χ4v) is 4.04. The highest BCUT2D eigenvalue weighted by molar-refractivity contribution is 7.90. The normalized spacial score (nSPS) is 11.5. The van der Waals surface area contributed by atoms with E-state index < -0.39 is 21.4 Å². The molecule has 0 aliphatic rings. The molecule has 0 radical (unpaired) electrons. The molecule has 0 aliphatic carbocycles. The van der Waals surface area contributed by atoms with Crippen molar-refractivity contribution in [2.24, 2.45) is 0 Å². The lowest BCUT2D eigenvalue weighted by Gasteiger charge is -2.09. The molecule has 136 valence electrons. The molecule has 7 nitrogen and oxygen atoms in total. The lowest BCUT2D eigenvalue weighted by molar-refractivity contribution is 0.386. The number of aromatic nitrogens is 4. The van der Waals surface area contributed by atoms with Gasteiger partial charge >= 0.3 is 0 Å². The third kappa shape index (κ3) is 3.43. The van der Waals surface area contributed by atoms with E-state index in [2.05, 4.69) is 15.2 Å². The number of ether oxygens (including phenoxy) is 1.